The highest BCUT2D eigenvalue weighted by Crippen LogP contribution is 2.63. The average molecular weight is 568 g/mol. The molecule has 0 fully saturated rings. The number of carbonyl (C=O) groups is 2. The lowest BCUT2D eigenvalue weighted by atomic mass is 9.62. The van der Waals surface area contributed by atoms with Gasteiger partial charge in [-0.1, -0.05) is 53.3 Å². The van der Waals surface area contributed by atoms with Crippen LogP contribution in [0.1, 0.15) is 70.0 Å². The monoisotopic (exact) mass is 567 g/mol. The van der Waals surface area contributed by atoms with Crippen LogP contribution < -0.4 is 14.8 Å². The highest BCUT2D eigenvalue weighted by Gasteiger charge is 2.58. The van der Waals surface area contributed by atoms with Crippen LogP contribution in [0.2, 0.25) is 0 Å². The van der Waals surface area contributed by atoms with E-state index in [1.165, 1.54) is 11.8 Å². The first-order valence-electron chi connectivity index (χ1n) is 12.6. The van der Waals surface area contributed by atoms with Gasteiger partial charge in [-0.3, -0.25) is 4.98 Å². The lowest BCUT2D eigenvalue weighted by Gasteiger charge is -2.50. The molecule has 2 N–H and O–H groups in total. The molecule has 2 unspecified atom stereocenters. The molecule has 12 nitrogen and oxygen atoms in total. The molecule has 2 atom stereocenters. The second-order valence-electron chi connectivity index (χ2n) is 11.9. The first-order valence-corrected chi connectivity index (χ1v) is 13.4. The minimum Gasteiger partial charge on any atom is -0.496 e. The third-order valence-corrected chi connectivity index (χ3v) is 8.84. The predicted molar refractivity (Wildman–Crippen MR) is 148 cm³/mol. The maximum Gasteiger partial charge on any atom is 0.424 e. The minimum atomic E-state index is -1.58. The number of imide groups is 1. The van der Waals surface area contributed by atoms with Gasteiger partial charge in [0.05, 0.1) is 36.5 Å². The highest BCUT2D eigenvalue weighted by molar-refractivity contribution is 8.01. The number of hydrogen-bond donors (Lipinski definition) is 2. The molecule has 3 aromatic heterocycles. The van der Waals surface area contributed by atoms with Crippen LogP contribution in [0.3, 0.4) is 0 Å². The molecule has 3 aromatic rings. The number of thioether (sulfide) groups is 1. The summed E-state index contributed by atoms with van der Waals surface area (Å²) < 4.78 is 11.4. The van der Waals surface area contributed by atoms with E-state index in [1.807, 2.05) is 34.6 Å². The predicted octanol–water partition coefficient (Wildman–Crippen LogP) is 5.21. The van der Waals surface area contributed by atoms with Crippen molar-refractivity contribution in [3.05, 3.63) is 28.7 Å². The number of rotatable bonds is 4. The fraction of sp³-hybridized carbons (Fsp3) is 0.519. The molecule has 0 bridgehead atoms. The number of aryl methyl sites for hydroxylation is 1. The number of carbonyl (C=O) groups excluding carboxylic acids is 1. The molecule has 0 radical (unpaired) electrons. The number of methoxy groups -OCH3 is 1. The zero-order chi connectivity index (χ0) is 29.8. The van der Waals surface area contributed by atoms with Crippen LogP contribution in [-0.2, 0) is 6.54 Å². The van der Waals surface area contributed by atoms with Gasteiger partial charge in [-0.05, 0) is 24.7 Å². The summed E-state index contributed by atoms with van der Waals surface area (Å²) in [5, 5.41) is 27.4. The Bertz CT molecular complexity index is 1560. The van der Waals surface area contributed by atoms with Crippen molar-refractivity contribution in [1.82, 2.24) is 30.0 Å². The van der Waals surface area contributed by atoms with Gasteiger partial charge in [-0.15, -0.1) is 0 Å². The maximum atomic E-state index is 12.1. The second-order valence-corrected chi connectivity index (χ2v) is 13.2. The van der Waals surface area contributed by atoms with Gasteiger partial charge in [0.25, 0.3) is 0 Å². The summed E-state index contributed by atoms with van der Waals surface area (Å²) in [6.45, 7) is 16.3. The first kappa shape index (κ1) is 29.1. The SMILES string of the molecule is COc1c(C)cnc(Cn2nc3c4c(nc(OC(=O)NC(=O)O)nc42)SC(C#N)(C(C)(C)C)C3C(C)(C)C)c1C. The molecule has 1 aliphatic heterocycles. The molecule has 4 heterocycles. The summed E-state index contributed by atoms with van der Waals surface area (Å²) in [7, 11) is 1.60. The lowest BCUT2D eigenvalue weighted by molar-refractivity contribution is 0.175. The number of nitrogens with zero attached hydrogens (tertiary/aromatic N) is 6. The van der Waals surface area contributed by atoms with Crippen molar-refractivity contribution >= 4 is 35.0 Å². The number of ether oxygens (including phenoxy) is 2. The highest BCUT2D eigenvalue weighted by atomic mass is 32.2. The van der Waals surface area contributed by atoms with Crippen LogP contribution in [0.4, 0.5) is 9.59 Å². The number of hydrogen-bond acceptors (Lipinski definition) is 10. The van der Waals surface area contributed by atoms with E-state index >= 15 is 0 Å². The van der Waals surface area contributed by atoms with E-state index in [0.717, 1.165) is 16.9 Å². The molecular weight excluding hydrogens is 534 g/mol. The molecular formula is C27H33N7O5S. The quantitative estimate of drug-likeness (QED) is 0.398. The summed E-state index contributed by atoms with van der Waals surface area (Å²) in [5.41, 5.74) is 2.59. The lowest BCUT2D eigenvalue weighted by Crippen LogP contribution is -2.50. The van der Waals surface area contributed by atoms with Gasteiger partial charge in [0.15, 0.2) is 5.65 Å². The Kier molecular flexibility index (Phi) is 7.21. The summed E-state index contributed by atoms with van der Waals surface area (Å²) >= 11 is 1.30. The maximum absolute atomic E-state index is 12.1. The number of aromatic nitrogens is 5. The minimum absolute atomic E-state index is 0.215. The van der Waals surface area contributed by atoms with Crippen molar-refractivity contribution in [3.8, 4) is 17.8 Å². The largest absolute Gasteiger partial charge is 0.496 e. The third-order valence-electron chi connectivity index (χ3n) is 7.09. The summed E-state index contributed by atoms with van der Waals surface area (Å²) in [4.78, 5) is 36.6. The first-order chi connectivity index (χ1) is 18.5. The molecule has 0 saturated heterocycles. The zero-order valence-corrected chi connectivity index (χ0v) is 24.9. The van der Waals surface area contributed by atoms with Crippen LogP contribution in [0, 0.1) is 36.0 Å². The van der Waals surface area contributed by atoms with Crippen LogP contribution in [0.15, 0.2) is 11.2 Å². The smallest absolute Gasteiger partial charge is 0.424 e. The Balaban J connectivity index is 2.01. The van der Waals surface area contributed by atoms with Crippen LogP contribution in [-0.4, -0.2) is 53.9 Å². The van der Waals surface area contributed by atoms with Crippen molar-refractivity contribution in [2.75, 3.05) is 7.11 Å². The third kappa shape index (κ3) is 4.81. The number of amides is 2. The Morgan fingerprint density at radius 2 is 1.90 bits per heavy atom. The molecule has 4 rings (SSSR count). The van der Waals surface area contributed by atoms with Gasteiger partial charge in [-0.25, -0.2) is 19.6 Å². The molecule has 212 valence electrons. The van der Waals surface area contributed by atoms with Gasteiger partial charge >= 0.3 is 18.2 Å². The van der Waals surface area contributed by atoms with Crippen LogP contribution in [0.5, 0.6) is 11.8 Å². The fourth-order valence-corrected chi connectivity index (χ4v) is 6.97. The van der Waals surface area contributed by atoms with Crippen LogP contribution >= 0.6 is 11.8 Å². The average Bonchev–Trinajstić information content (AvgIpc) is 3.16. The topological polar surface area (TPSA) is 165 Å². The Morgan fingerprint density at radius 3 is 2.45 bits per heavy atom. The van der Waals surface area contributed by atoms with E-state index in [4.69, 9.17) is 19.7 Å². The molecule has 40 heavy (non-hydrogen) atoms. The summed E-state index contributed by atoms with van der Waals surface area (Å²) in [5.74, 6) is 0.397. The second kappa shape index (κ2) is 9.92. The number of nitrogens with one attached hydrogen (secondary N) is 1. The molecule has 2 amide bonds. The van der Waals surface area contributed by atoms with Gasteiger partial charge in [0.2, 0.25) is 0 Å². The van der Waals surface area contributed by atoms with E-state index in [0.29, 0.717) is 27.4 Å². The fourth-order valence-electron chi connectivity index (χ4n) is 5.31. The molecule has 0 aliphatic carbocycles. The van der Waals surface area contributed by atoms with E-state index in [1.54, 1.807) is 23.3 Å². The van der Waals surface area contributed by atoms with Crippen molar-refractivity contribution in [1.29, 1.82) is 5.26 Å². The molecule has 0 spiro atoms. The van der Waals surface area contributed by atoms with Gasteiger partial charge in [-0.2, -0.15) is 20.3 Å². The van der Waals surface area contributed by atoms with E-state index < -0.39 is 22.3 Å². The standard InChI is InChI=1S/C27H33N7O5S/c1-13-10-29-15(14(2)18(13)38-9)11-34-20-16-17(33-34)19(25(3,4)5)27(12-28,26(6,7)8)40-21(16)31-22(30-20)39-24(37)32-23(35)36/h10,19H,11H2,1-9H3,(H,32,37)(H,35,36). The van der Waals surface area contributed by atoms with Crippen molar-refractivity contribution in [2.45, 2.75) is 77.6 Å². The number of carboxylic acid groups (broad SMARTS) is 1. The van der Waals surface area contributed by atoms with Crippen LogP contribution in [0.25, 0.3) is 11.0 Å². The normalized spacial score (nSPS) is 18.8. The molecule has 0 saturated carbocycles. The zero-order valence-electron chi connectivity index (χ0n) is 24.0. The van der Waals surface area contributed by atoms with Gasteiger partial charge in [0, 0.05) is 23.2 Å². The van der Waals surface area contributed by atoms with Crippen molar-refractivity contribution < 1.29 is 24.2 Å². The molecule has 1 aliphatic rings. The molecule has 0 aromatic carbocycles. The van der Waals surface area contributed by atoms with Crippen molar-refractivity contribution in [3.63, 3.8) is 0 Å². The van der Waals surface area contributed by atoms with E-state index in [2.05, 4.69) is 41.8 Å². The Morgan fingerprint density at radius 1 is 1.23 bits per heavy atom. The van der Waals surface area contributed by atoms with Gasteiger partial charge in [0.1, 0.15) is 15.5 Å². The Labute approximate surface area is 236 Å². The summed E-state index contributed by atoms with van der Waals surface area (Å²) in [6.07, 6.45) is -1.10. The van der Waals surface area contributed by atoms with E-state index in [-0.39, 0.29) is 23.9 Å². The number of nitriles is 1. The van der Waals surface area contributed by atoms with Crippen molar-refractivity contribution in [2.24, 2.45) is 10.8 Å². The Hall–Kier alpha value is -3.92. The van der Waals surface area contributed by atoms with E-state index in [9.17, 15) is 14.9 Å². The number of pyridine rings is 1. The van der Waals surface area contributed by atoms with Gasteiger partial charge < -0.3 is 14.6 Å². The summed E-state index contributed by atoms with van der Waals surface area (Å²) in [6, 6.07) is 2.24. The molecule has 13 heteroatoms.